The molecule has 0 atom stereocenters. The van der Waals surface area contributed by atoms with Crippen molar-refractivity contribution in [2.75, 3.05) is 5.32 Å². The van der Waals surface area contributed by atoms with Crippen LogP contribution in [0.15, 0.2) is 37.2 Å². The third kappa shape index (κ3) is 3.09. The second kappa shape index (κ2) is 5.35. The molecule has 1 aromatic heterocycles. The average Bonchev–Trinajstić information content (AvgIpc) is 2.76. The molecule has 1 N–H and O–H groups in total. The van der Waals surface area contributed by atoms with E-state index in [1.807, 2.05) is 12.4 Å². The second-order valence-corrected chi connectivity index (χ2v) is 5.07. The third-order valence-electron chi connectivity index (χ3n) is 2.51. The first-order valence-electron chi connectivity index (χ1n) is 5.34. The fraction of sp³-hybridized carbons (Fsp3) is 0.154. The highest BCUT2D eigenvalue weighted by atomic mass is 127. The summed E-state index contributed by atoms with van der Waals surface area (Å²) in [4.78, 5) is 0. The van der Waals surface area contributed by atoms with E-state index < -0.39 is 0 Å². The summed E-state index contributed by atoms with van der Waals surface area (Å²) in [6.45, 7) is 6.55. The summed E-state index contributed by atoms with van der Waals surface area (Å²) in [6.07, 6.45) is 5.48. The van der Waals surface area contributed by atoms with Crippen LogP contribution in [0, 0.1) is 10.5 Å². The lowest BCUT2D eigenvalue weighted by atomic mass is 10.2. The van der Waals surface area contributed by atoms with E-state index in [4.69, 9.17) is 0 Å². The minimum Gasteiger partial charge on any atom is -0.381 e. The lowest BCUT2D eigenvalue weighted by Crippen LogP contribution is -2.00. The zero-order valence-electron chi connectivity index (χ0n) is 9.65. The molecule has 17 heavy (non-hydrogen) atoms. The van der Waals surface area contributed by atoms with Gasteiger partial charge in [-0.15, -0.1) is 0 Å². The molecule has 0 bridgehead atoms. The standard InChI is InChI=1S/C13H14IN3/c1-3-17-9-11(8-16-17)7-15-13-5-4-12(14)6-10(13)2/h3-6,8-9,15H,1,7H2,2H3. The van der Waals surface area contributed by atoms with Gasteiger partial charge < -0.3 is 5.32 Å². The molecular formula is C13H14IN3. The van der Waals surface area contributed by atoms with Gasteiger partial charge in [-0.25, -0.2) is 4.68 Å². The normalized spacial score (nSPS) is 10.2. The van der Waals surface area contributed by atoms with Gasteiger partial charge in [-0.05, 0) is 53.3 Å². The van der Waals surface area contributed by atoms with E-state index in [2.05, 4.69) is 64.7 Å². The number of benzene rings is 1. The SMILES string of the molecule is C=Cn1cc(CNc2ccc(I)cc2C)cn1. The minimum atomic E-state index is 0.773. The van der Waals surface area contributed by atoms with E-state index in [-0.39, 0.29) is 0 Å². The molecule has 0 aliphatic heterocycles. The van der Waals surface area contributed by atoms with Crippen molar-refractivity contribution in [1.29, 1.82) is 0 Å². The van der Waals surface area contributed by atoms with Crippen LogP contribution >= 0.6 is 22.6 Å². The number of hydrogen-bond donors (Lipinski definition) is 1. The molecule has 0 radical (unpaired) electrons. The maximum atomic E-state index is 4.14. The van der Waals surface area contributed by atoms with Gasteiger partial charge in [0.25, 0.3) is 0 Å². The largest absolute Gasteiger partial charge is 0.381 e. The molecule has 0 aliphatic rings. The number of halogens is 1. The molecule has 2 rings (SSSR count). The van der Waals surface area contributed by atoms with Crippen molar-refractivity contribution in [2.45, 2.75) is 13.5 Å². The highest BCUT2D eigenvalue weighted by molar-refractivity contribution is 14.1. The molecule has 0 saturated carbocycles. The van der Waals surface area contributed by atoms with Crippen LogP contribution in [0.4, 0.5) is 5.69 Å². The van der Waals surface area contributed by atoms with E-state index in [0.717, 1.165) is 17.8 Å². The molecule has 0 spiro atoms. The van der Waals surface area contributed by atoms with Crippen molar-refractivity contribution in [2.24, 2.45) is 0 Å². The van der Waals surface area contributed by atoms with Crippen LogP contribution in [0.5, 0.6) is 0 Å². The summed E-state index contributed by atoms with van der Waals surface area (Å²) in [5.74, 6) is 0. The van der Waals surface area contributed by atoms with Crippen LogP contribution in [-0.4, -0.2) is 9.78 Å². The zero-order valence-corrected chi connectivity index (χ0v) is 11.8. The first-order chi connectivity index (χ1) is 8.19. The van der Waals surface area contributed by atoms with Crippen LogP contribution in [0.25, 0.3) is 6.20 Å². The molecule has 2 aromatic rings. The second-order valence-electron chi connectivity index (χ2n) is 3.82. The van der Waals surface area contributed by atoms with Gasteiger partial charge in [0.2, 0.25) is 0 Å². The van der Waals surface area contributed by atoms with E-state index >= 15 is 0 Å². The van der Waals surface area contributed by atoms with E-state index in [9.17, 15) is 0 Å². The van der Waals surface area contributed by atoms with E-state index in [1.165, 1.54) is 9.13 Å². The smallest absolute Gasteiger partial charge is 0.0543 e. The molecule has 0 aliphatic carbocycles. The molecule has 3 nitrogen and oxygen atoms in total. The van der Waals surface area contributed by atoms with Crippen LogP contribution in [0.2, 0.25) is 0 Å². The topological polar surface area (TPSA) is 29.9 Å². The van der Waals surface area contributed by atoms with Crippen LogP contribution in [-0.2, 0) is 6.54 Å². The monoisotopic (exact) mass is 339 g/mol. The zero-order chi connectivity index (χ0) is 12.3. The Morgan fingerprint density at radius 1 is 1.53 bits per heavy atom. The van der Waals surface area contributed by atoms with Gasteiger partial charge in [-0.1, -0.05) is 6.58 Å². The molecule has 0 amide bonds. The Bertz CT molecular complexity index is 531. The highest BCUT2D eigenvalue weighted by Crippen LogP contribution is 2.18. The summed E-state index contributed by atoms with van der Waals surface area (Å²) >= 11 is 2.32. The van der Waals surface area contributed by atoms with Crippen molar-refractivity contribution >= 4 is 34.5 Å². The quantitative estimate of drug-likeness (QED) is 0.864. The molecule has 4 heteroatoms. The van der Waals surface area contributed by atoms with Crippen LogP contribution in [0.1, 0.15) is 11.1 Å². The fourth-order valence-corrected chi connectivity index (χ4v) is 2.24. The van der Waals surface area contributed by atoms with Gasteiger partial charge in [0.15, 0.2) is 0 Å². The van der Waals surface area contributed by atoms with Gasteiger partial charge in [0.1, 0.15) is 0 Å². The molecule has 0 saturated heterocycles. The molecule has 1 aromatic carbocycles. The third-order valence-corrected chi connectivity index (χ3v) is 3.18. The number of anilines is 1. The average molecular weight is 339 g/mol. The summed E-state index contributed by atoms with van der Waals surface area (Å²) in [5.41, 5.74) is 3.56. The van der Waals surface area contributed by atoms with Crippen molar-refractivity contribution < 1.29 is 0 Å². The van der Waals surface area contributed by atoms with Gasteiger partial charge in [-0.3, -0.25) is 0 Å². The minimum absolute atomic E-state index is 0.773. The van der Waals surface area contributed by atoms with Gasteiger partial charge in [-0.2, -0.15) is 5.10 Å². The Morgan fingerprint density at radius 2 is 2.35 bits per heavy atom. The lowest BCUT2D eigenvalue weighted by Gasteiger charge is -2.08. The van der Waals surface area contributed by atoms with Crippen molar-refractivity contribution in [3.8, 4) is 0 Å². The fourth-order valence-electron chi connectivity index (χ4n) is 1.59. The predicted molar refractivity (Wildman–Crippen MR) is 79.8 cm³/mol. The Balaban J connectivity index is 2.04. The highest BCUT2D eigenvalue weighted by Gasteiger charge is 2.00. The Labute approximate surface area is 115 Å². The number of nitrogens with zero attached hydrogens (tertiary/aromatic N) is 2. The summed E-state index contributed by atoms with van der Waals surface area (Å²) in [7, 11) is 0. The predicted octanol–water partition coefficient (Wildman–Crippen LogP) is 3.51. The van der Waals surface area contributed by atoms with Gasteiger partial charge in [0, 0.05) is 33.8 Å². The number of aryl methyl sites for hydroxylation is 1. The summed E-state index contributed by atoms with van der Waals surface area (Å²) < 4.78 is 2.96. The first-order valence-corrected chi connectivity index (χ1v) is 6.42. The molecular weight excluding hydrogens is 325 g/mol. The molecule has 1 heterocycles. The number of nitrogens with one attached hydrogen (secondary N) is 1. The van der Waals surface area contributed by atoms with E-state index in [1.54, 1.807) is 10.9 Å². The van der Waals surface area contributed by atoms with Crippen LogP contribution < -0.4 is 5.32 Å². The molecule has 0 fully saturated rings. The first kappa shape index (κ1) is 12.2. The maximum Gasteiger partial charge on any atom is 0.0543 e. The Kier molecular flexibility index (Phi) is 3.83. The van der Waals surface area contributed by atoms with E-state index in [0.29, 0.717) is 0 Å². The number of hydrogen-bond acceptors (Lipinski definition) is 2. The van der Waals surface area contributed by atoms with Crippen molar-refractivity contribution in [3.05, 3.63) is 51.9 Å². The number of aromatic nitrogens is 2. The summed E-state index contributed by atoms with van der Waals surface area (Å²) in [5, 5.41) is 7.54. The lowest BCUT2D eigenvalue weighted by molar-refractivity contribution is 0.936. The Hall–Kier alpha value is -1.30. The summed E-state index contributed by atoms with van der Waals surface area (Å²) in [6, 6.07) is 6.37. The van der Waals surface area contributed by atoms with Crippen molar-refractivity contribution in [3.63, 3.8) is 0 Å². The maximum absolute atomic E-state index is 4.14. The van der Waals surface area contributed by atoms with Gasteiger partial charge >= 0.3 is 0 Å². The van der Waals surface area contributed by atoms with Gasteiger partial charge in [0.05, 0.1) is 6.20 Å². The molecule has 0 unspecified atom stereocenters. The number of rotatable bonds is 4. The molecule has 88 valence electrons. The Morgan fingerprint density at radius 3 is 3.00 bits per heavy atom. The van der Waals surface area contributed by atoms with Crippen molar-refractivity contribution in [1.82, 2.24) is 9.78 Å². The van der Waals surface area contributed by atoms with Crippen LogP contribution in [0.3, 0.4) is 0 Å².